The second kappa shape index (κ2) is 4.79. The second-order valence-electron chi connectivity index (χ2n) is 5.25. The van der Waals surface area contributed by atoms with Gasteiger partial charge in [-0.3, -0.25) is 0 Å². The lowest BCUT2D eigenvalue weighted by molar-refractivity contribution is 0.307. The third kappa shape index (κ3) is 2.53. The van der Waals surface area contributed by atoms with Gasteiger partial charge in [0.25, 0.3) is 0 Å². The number of hydrogen-bond acceptors (Lipinski definition) is 2. The number of fused-ring (bicyclic) bond motifs is 1. The summed E-state index contributed by atoms with van der Waals surface area (Å²) < 4.78 is 1.36. The highest BCUT2D eigenvalue weighted by Gasteiger charge is 2.26. The van der Waals surface area contributed by atoms with Crippen LogP contribution in [0.2, 0.25) is 0 Å². The monoisotopic (exact) mass is 247 g/mol. The predicted molar refractivity (Wildman–Crippen MR) is 77.6 cm³/mol. The molecule has 0 spiro atoms. The quantitative estimate of drug-likeness (QED) is 0.860. The molecule has 92 valence electrons. The van der Waals surface area contributed by atoms with Crippen LogP contribution >= 0.6 is 11.3 Å². The summed E-state index contributed by atoms with van der Waals surface area (Å²) in [6.45, 7) is 6.63. The minimum absolute atomic E-state index is 0.113. The smallest absolute Gasteiger partial charge is 0.0345 e. The van der Waals surface area contributed by atoms with E-state index in [9.17, 15) is 0 Å². The Kier molecular flexibility index (Phi) is 3.55. The topological polar surface area (TPSA) is 26.0 Å². The minimum Gasteiger partial charge on any atom is -0.325 e. The Morgan fingerprint density at radius 1 is 1.35 bits per heavy atom. The van der Waals surface area contributed by atoms with Crippen molar-refractivity contribution in [3.05, 3.63) is 35.2 Å². The van der Waals surface area contributed by atoms with Gasteiger partial charge in [0.1, 0.15) is 0 Å². The highest BCUT2D eigenvalue weighted by atomic mass is 32.1. The van der Waals surface area contributed by atoms with Crippen molar-refractivity contribution < 1.29 is 0 Å². The van der Waals surface area contributed by atoms with E-state index in [2.05, 4.69) is 50.4 Å². The van der Waals surface area contributed by atoms with E-state index in [0.717, 1.165) is 12.8 Å². The first-order chi connectivity index (χ1) is 8.04. The normalized spacial score (nSPS) is 16.9. The molecule has 1 heterocycles. The zero-order valence-electron chi connectivity index (χ0n) is 10.9. The van der Waals surface area contributed by atoms with Crippen LogP contribution in [0.3, 0.4) is 0 Å². The SMILES string of the molecule is CCC(C)C(C)(N)Cc1csc2ccccc12. The van der Waals surface area contributed by atoms with Gasteiger partial charge in [0.2, 0.25) is 0 Å². The summed E-state index contributed by atoms with van der Waals surface area (Å²) in [7, 11) is 0. The highest BCUT2D eigenvalue weighted by molar-refractivity contribution is 7.17. The van der Waals surface area contributed by atoms with E-state index < -0.39 is 0 Å². The average Bonchev–Trinajstić information content (AvgIpc) is 2.71. The fourth-order valence-electron chi connectivity index (χ4n) is 2.22. The third-order valence-electron chi connectivity index (χ3n) is 3.87. The van der Waals surface area contributed by atoms with Crippen LogP contribution in [0.5, 0.6) is 0 Å². The van der Waals surface area contributed by atoms with E-state index in [1.165, 1.54) is 15.6 Å². The molecule has 0 saturated heterocycles. The summed E-state index contributed by atoms with van der Waals surface area (Å²) in [6, 6.07) is 8.59. The van der Waals surface area contributed by atoms with Crippen molar-refractivity contribution in [2.24, 2.45) is 11.7 Å². The van der Waals surface area contributed by atoms with Crippen molar-refractivity contribution in [2.75, 3.05) is 0 Å². The Bertz CT molecular complexity index is 498. The largest absolute Gasteiger partial charge is 0.325 e. The van der Waals surface area contributed by atoms with Gasteiger partial charge in [-0.15, -0.1) is 11.3 Å². The Labute approximate surface area is 108 Å². The van der Waals surface area contributed by atoms with Crippen molar-refractivity contribution in [3.63, 3.8) is 0 Å². The zero-order chi connectivity index (χ0) is 12.5. The third-order valence-corrected chi connectivity index (χ3v) is 4.88. The molecule has 2 atom stereocenters. The first-order valence-corrected chi connectivity index (χ1v) is 7.16. The lowest BCUT2D eigenvalue weighted by Gasteiger charge is -2.31. The highest BCUT2D eigenvalue weighted by Crippen LogP contribution is 2.30. The van der Waals surface area contributed by atoms with E-state index in [4.69, 9.17) is 5.73 Å². The van der Waals surface area contributed by atoms with Crippen LogP contribution in [-0.4, -0.2) is 5.54 Å². The molecular weight excluding hydrogens is 226 g/mol. The minimum atomic E-state index is -0.113. The van der Waals surface area contributed by atoms with Gasteiger partial charge in [0.05, 0.1) is 0 Å². The van der Waals surface area contributed by atoms with Gasteiger partial charge in [0.15, 0.2) is 0 Å². The summed E-state index contributed by atoms with van der Waals surface area (Å²) >= 11 is 1.82. The fourth-order valence-corrected chi connectivity index (χ4v) is 3.18. The molecule has 2 aromatic rings. The van der Waals surface area contributed by atoms with Crippen molar-refractivity contribution >= 4 is 21.4 Å². The number of rotatable bonds is 4. The number of nitrogens with two attached hydrogens (primary N) is 1. The fraction of sp³-hybridized carbons (Fsp3) is 0.467. The molecule has 0 amide bonds. The molecule has 1 nitrogen and oxygen atoms in total. The lowest BCUT2D eigenvalue weighted by Crippen LogP contribution is -2.44. The Balaban J connectivity index is 2.30. The molecule has 2 heteroatoms. The second-order valence-corrected chi connectivity index (χ2v) is 6.16. The van der Waals surface area contributed by atoms with Crippen LogP contribution in [0, 0.1) is 5.92 Å². The van der Waals surface area contributed by atoms with Crippen molar-refractivity contribution in [3.8, 4) is 0 Å². The summed E-state index contributed by atoms with van der Waals surface area (Å²) in [5.41, 5.74) is 7.74. The van der Waals surface area contributed by atoms with E-state index in [1.54, 1.807) is 0 Å². The zero-order valence-corrected chi connectivity index (χ0v) is 11.7. The molecule has 2 N–H and O–H groups in total. The molecular formula is C15H21NS. The van der Waals surface area contributed by atoms with Crippen LogP contribution < -0.4 is 5.73 Å². The van der Waals surface area contributed by atoms with Crippen molar-refractivity contribution in [1.29, 1.82) is 0 Å². The van der Waals surface area contributed by atoms with E-state index in [0.29, 0.717) is 5.92 Å². The van der Waals surface area contributed by atoms with Crippen molar-refractivity contribution in [1.82, 2.24) is 0 Å². The maximum Gasteiger partial charge on any atom is 0.0345 e. The standard InChI is InChI=1S/C15H21NS/c1-4-11(2)15(3,16)9-12-10-17-14-8-6-5-7-13(12)14/h5-8,10-11H,4,9,16H2,1-3H3. The maximum absolute atomic E-state index is 6.46. The van der Waals surface area contributed by atoms with Gasteiger partial charge < -0.3 is 5.73 Å². The van der Waals surface area contributed by atoms with Crippen LogP contribution in [0.25, 0.3) is 10.1 Å². The Morgan fingerprint density at radius 3 is 2.76 bits per heavy atom. The molecule has 17 heavy (non-hydrogen) atoms. The van der Waals surface area contributed by atoms with Gasteiger partial charge in [0, 0.05) is 10.2 Å². The molecule has 0 aliphatic rings. The van der Waals surface area contributed by atoms with E-state index >= 15 is 0 Å². The molecule has 2 unspecified atom stereocenters. The Hall–Kier alpha value is -0.860. The van der Waals surface area contributed by atoms with Gasteiger partial charge in [-0.25, -0.2) is 0 Å². The first-order valence-electron chi connectivity index (χ1n) is 6.28. The number of hydrogen-bond donors (Lipinski definition) is 1. The van der Waals surface area contributed by atoms with E-state index in [-0.39, 0.29) is 5.54 Å². The predicted octanol–water partition coefficient (Wildman–Crippen LogP) is 4.21. The lowest BCUT2D eigenvalue weighted by atomic mass is 9.81. The molecule has 0 aliphatic carbocycles. The first kappa shape index (κ1) is 12.6. The van der Waals surface area contributed by atoms with E-state index in [1.807, 2.05) is 11.3 Å². The molecule has 0 saturated carbocycles. The number of thiophene rings is 1. The van der Waals surface area contributed by atoms with Crippen LogP contribution in [0.15, 0.2) is 29.6 Å². The average molecular weight is 247 g/mol. The molecule has 0 radical (unpaired) electrons. The molecule has 1 aromatic carbocycles. The summed E-state index contributed by atoms with van der Waals surface area (Å²) in [4.78, 5) is 0. The molecule has 0 bridgehead atoms. The summed E-state index contributed by atoms with van der Waals surface area (Å²) in [5, 5.41) is 3.63. The summed E-state index contributed by atoms with van der Waals surface area (Å²) in [6.07, 6.45) is 2.10. The Morgan fingerprint density at radius 2 is 2.06 bits per heavy atom. The van der Waals surface area contributed by atoms with Gasteiger partial charge in [-0.2, -0.15) is 0 Å². The van der Waals surface area contributed by atoms with Gasteiger partial charge in [-0.1, -0.05) is 38.5 Å². The molecule has 1 aromatic heterocycles. The van der Waals surface area contributed by atoms with Crippen LogP contribution in [0.4, 0.5) is 0 Å². The van der Waals surface area contributed by atoms with Crippen LogP contribution in [-0.2, 0) is 6.42 Å². The molecule has 0 aliphatic heterocycles. The molecule has 0 fully saturated rings. The van der Waals surface area contributed by atoms with Gasteiger partial charge in [-0.05, 0) is 41.7 Å². The maximum atomic E-state index is 6.46. The molecule has 2 rings (SSSR count). The van der Waals surface area contributed by atoms with Crippen molar-refractivity contribution in [2.45, 2.75) is 39.2 Å². The van der Waals surface area contributed by atoms with Gasteiger partial charge >= 0.3 is 0 Å². The van der Waals surface area contributed by atoms with Crippen LogP contribution in [0.1, 0.15) is 32.8 Å². The number of benzene rings is 1. The summed E-state index contributed by atoms with van der Waals surface area (Å²) in [5.74, 6) is 0.543.